The second-order valence-corrected chi connectivity index (χ2v) is 12.5. The maximum Gasteiger partial charge on any atom is 0.240 e. The number of aryl methyl sites for hydroxylation is 1. The molecule has 0 spiro atoms. The molecule has 0 unspecified atom stereocenters. The van der Waals surface area contributed by atoms with Gasteiger partial charge in [0.05, 0.1) is 30.8 Å². The van der Waals surface area contributed by atoms with Gasteiger partial charge in [-0.25, -0.2) is 13.1 Å². The molecule has 42 heavy (non-hydrogen) atoms. The van der Waals surface area contributed by atoms with Crippen molar-refractivity contribution in [3.63, 3.8) is 0 Å². The molecule has 11 heteroatoms. The molecule has 0 aliphatic carbocycles. The van der Waals surface area contributed by atoms with Crippen LogP contribution >= 0.6 is 0 Å². The van der Waals surface area contributed by atoms with Crippen molar-refractivity contribution in [3.8, 4) is 5.75 Å². The summed E-state index contributed by atoms with van der Waals surface area (Å²) in [6.07, 6.45) is 6.21. The number of nitrogens with one attached hydrogen (secondary N) is 2. The van der Waals surface area contributed by atoms with E-state index >= 15 is 0 Å². The van der Waals surface area contributed by atoms with Crippen LogP contribution in [0.25, 0.3) is 0 Å². The smallest absolute Gasteiger partial charge is 0.240 e. The second-order valence-electron chi connectivity index (χ2n) is 10.7. The highest BCUT2D eigenvalue weighted by Crippen LogP contribution is 2.22. The van der Waals surface area contributed by atoms with Crippen LogP contribution in [-0.2, 0) is 32.5 Å². The van der Waals surface area contributed by atoms with E-state index in [1.165, 1.54) is 6.07 Å². The summed E-state index contributed by atoms with van der Waals surface area (Å²) in [5, 5.41) is 32.4. The van der Waals surface area contributed by atoms with Gasteiger partial charge in [-0.2, -0.15) is 0 Å². The molecule has 10 nitrogen and oxygen atoms in total. The van der Waals surface area contributed by atoms with Crippen molar-refractivity contribution < 1.29 is 33.2 Å². The summed E-state index contributed by atoms with van der Waals surface area (Å²) in [5.41, 5.74) is 2.10. The Morgan fingerprint density at radius 2 is 1.71 bits per heavy atom. The summed E-state index contributed by atoms with van der Waals surface area (Å²) in [6, 6.07) is 12.0. The topological polar surface area (TPSA) is 141 Å². The van der Waals surface area contributed by atoms with E-state index in [1.807, 2.05) is 12.1 Å². The Kier molecular flexibility index (Phi) is 15.8. The van der Waals surface area contributed by atoms with Crippen LogP contribution in [0.15, 0.2) is 47.4 Å². The zero-order valence-corrected chi connectivity index (χ0v) is 25.5. The minimum Gasteiger partial charge on any atom is -0.508 e. The maximum absolute atomic E-state index is 12.7. The van der Waals surface area contributed by atoms with E-state index in [1.54, 1.807) is 24.3 Å². The van der Waals surface area contributed by atoms with Crippen molar-refractivity contribution in [2.24, 2.45) is 0 Å². The molecular weight excluding hydrogens is 558 g/mol. The van der Waals surface area contributed by atoms with Crippen LogP contribution in [-0.4, -0.2) is 94.3 Å². The van der Waals surface area contributed by atoms with Crippen molar-refractivity contribution in [1.29, 1.82) is 0 Å². The van der Waals surface area contributed by atoms with Gasteiger partial charge in [0.15, 0.2) is 0 Å². The van der Waals surface area contributed by atoms with Crippen molar-refractivity contribution in [2.75, 3.05) is 65.7 Å². The molecule has 0 amide bonds. The fourth-order valence-corrected chi connectivity index (χ4v) is 5.94. The number of aromatic hydroxyl groups is 1. The highest BCUT2D eigenvalue weighted by molar-refractivity contribution is 7.89. The molecule has 1 heterocycles. The number of aliphatic hydroxyl groups is 2. The number of nitrogens with zero attached hydrogens (tertiary/aromatic N) is 1. The van der Waals surface area contributed by atoms with Gasteiger partial charge >= 0.3 is 0 Å². The van der Waals surface area contributed by atoms with Crippen LogP contribution in [0.2, 0.25) is 0 Å². The number of sulfonamides is 1. The van der Waals surface area contributed by atoms with Crippen molar-refractivity contribution in [2.45, 2.75) is 62.6 Å². The van der Waals surface area contributed by atoms with E-state index in [9.17, 15) is 23.7 Å². The van der Waals surface area contributed by atoms with Gasteiger partial charge in [-0.05, 0) is 74.0 Å². The van der Waals surface area contributed by atoms with Crippen molar-refractivity contribution in [3.05, 3.63) is 59.2 Å². The number of hydrogen-bond donors (Lipinski definition) is 5. The fourth-order valence-electron chi connectivity index (χ4n) is 4.85. The van der Waals surface area contributed by atoms with Crippen LogP contribution in [0.4, 0.5) is 0 Å². The summed E-state index contributed by atoms with van der Waals surface area (Å²) >= 11 is 0. The van der Waals surface area contributed by atoms with Crippen LogP contribution in [0.3, 0.4) is 0 Å². The SMILES string of the molecule is O=S(=O)(NCCN1CCOCC1)c1cccc(CCCCOCCCCCCNC[C@@H](O)c2ccc(O)c(CO)c2)c1. The number of morpholine rings is 1. The fraction of sp³-hybridized carbons (Fsp3) is 0.613. The van der Waals surface area contributed by atoms with E-state index in [4.69, 9.17) is 9.47 Å². The Balaban J connectivity index is 1.17. The Bertz CT molecular complexity index is 1140. The average Bonchev–Trinajstić information content (AvgIpc) is 3.00. The van der Waals surface area contributed by atoms with Gasteiger partial charge in [0.2, 0.25) is 10.0 Å². The molecule has 1 saturated heterocycles. The molecule has 2 aromatic rings. The summed E-state index contributed by atoms with van der Waals surface area (Å²) < 4.78 is 39.2. The molecule has 3 rings (SSSR count). The third-order valence-electron chi connectivity index (χ3n) is 7.43. The lowest BCUT2D eigenvalue weighted by Gasteiger charge is -2.26. The van der Waals surface area contributed by atoms with Crippen LogP contribution in [0.1, 0.15) is 61.3 Å². The minimum atomic E-state index is -3.52. The standard InChI is InChI=1S/C31H49N3O7S/c35-25-28-23-27(11-12-30(28)36)31(37)24-32-13-4-1-2-5-18-40-19-6-3-8-26-9-7-10-29(22-26)42(38,39)33-14-15-34-16-20-41-21-17-34/h7,9-12,22-23,31-33,35-37H,1-6,8,13-21,24-25H2/t31-/m1/s1. The molecule has 0 aromatic heterocycles. The van der Waals surface area contributed by atoms with Gasteiger partial charge in [-0.3, -0.25) is 4.90 Å². The molecule has 0 radical (unpaired) electrons. The summed E-state index contributed by atoms with van der Waals surface area (Å²) in [7, 11) is -3.52. The number of benzene rings is 2. The first-order chi connectivity index (χ1) is 20.4. The quantitative estimate of drug-likeness (QED) is 0.136. The molecule has 1 aliphatic rings. The first kappa shape index (κ1) is 34.4. The van der Waals surface area contributed by atoms with E-state index in [0.29, 0.717) is 55.5 Å². The second kappa shape index (κ2) is 19.2. The Labute approximate surface area is 251 Å². The Morgan fingerprint density at radius 3 is 2.50 bits per heavy atom. The lowest BCUT2D eigenvalue weighted by Crippen LogP contribution is -2.41. The van der Waals surface area contributed by atoms with E-state index in [0.717, 1.165) is 76.8 Å². The van der Waals surface area contributed by atoms with Gasteiger partial charge in [-0.1, -0.05) is 31.0 Å². The molecule has 1 atom stereocenters. The molecule has 1 fully saturated rings. The number of unbranched alkanes of at least 4 members (excludes halogenated alkanes) is 4. The summed E-state index contributed by atoms with van der Waals surface area (Å²) in [6.45, 7) is 6.56. The largest absolute Gasteiger partial charge is 0.508 e. The highest BCUT2D eigenvalue weighted by Gasteiger charge is 2.16. The van der Waals surface area contributed by atoms with Crippen molar-refractivity contribution >= 4 is 10.0 Å². The molecular formula is C31H49N3O7S. The molecule has 236 valence electrons. The van der Waals surface area contributed by atoms with Gasteiger partial charge in [0.25, 0.3) is 0 Å². The number of ether oxygens (including phenoxy) is 2. The molecule has 0 saturated carbocycles. The Morgan fingerprint density at radius 1 is 0.952 bits per heavy atom. The van der Waals surface area contributed by atoms with Gasteiger partial charge < -0.3 is 30.1 Å². The number of phenols is 1. The molecule has 1 aliphatic heterocycles. The van der Waals surface area contributed by atoms with Crippen molar-refractivity contribution in [1.82, 2.24) is 14.9 Å². The zero-order valence-electron chi connectivity index (χ0n) is 24.7. The number of hydrogen-bond acceptors (Lipinski definition) is 9. The third kappa shape index (κ3) is 12.6. The average molecular weight is 608 g/mol. The van der Waals surface area contributed by atoms with E-state index in [-0.39, 0.29) is 12.4 Å². The van der Waals surface area contributed by atoms with Gasteiger partial charge in [0.1, 0.15) is 5.75 Å². The molecule has 0 bridgehead atoms. The maximum atomic E-state index is 12.7. The third-order valence-corrected chi connectivity index (χ3v) is 8.88. The Hall–Kier alpha value is -2.09. The summed E-state index contributed by atoms with van der Waals surface area (Å²) in [5.74, 6) is 0.0326. The molecule has 5 N–H and O–H groups in total. The van der Waals surface area contributed by atoms with Gasteiger partial charge in [0, 0.05) is 51.5 Å². The monoisotopic (exact) mass is 607 g/mol. The molecule has 2 aromatic carbocycles. The van der Waals surface area contributed by atoms with Crippen LogP contribution < -0.4 is 10.0 Å². The van der Waals surface area contributed by atoms with E-state index in [2.05, 4.69) is 14.9 Å². The first-order valence-electron chi connectivity index (χ1n) is 15.2. The predicted molar refractivity (Wildman–Crippen MR) is 163 cm³/mol. The minimum absolute atomic E-state index is 0.0326. The van der Waals surface area contributed by atoms with Crippen LogP contribution in [0.5, 0.6) is 5.75 Å². The normalized spacial score (nSPS) is 15.2. The van der Waals surface area contributed by atoms with Gasteiger partial charge in [-0.15, -0.1) is 0 Å². The van der Waals surface area contributed by atoms with E-state index < -0.39 is 16.1 Å². The first-order valence-corrected chi connectivity index (χ1v) is 16.7. The number of aliphatic hydroxyl groups excluding tert-OH is 2. The highest BCUT2D eigenvalue weighted by atomic mass is 32.2. The predicted octanol–water partition coefficient (Wildman–Crippen LogP) is 2.72. The lowest BCUT2D eigenvalue weighted by molar-refractivity contribution is 0.0390. The van der Waals surface area contributed by atoms with Crippen LogP contribution in [0, 0.1) is 0 Å². The number of rotatable bonds is 21. The zero-order chi connectivity index (χ0) is 30.0. The lowest BCUT2D eigenvalue weighted by atomic mass is 10.1. The summed E-state index contributed by atoms with van der Waals surface area (Å²) in [4.78, 5) is 2.52.